The summed E-state index contributed by atoms with van der Waals surface area (Å²) in [5.41, 5.74) is 0.735. The van der Waals surface area contributed by atoms with Gasteiger partial charge in [0, 0.05) is 18.8 Å². The largest absolute Gasteiger partial charge is 0.496 e. The van der Waals surface area contributed by atoms with E-state index in [-0.39, 0.29) is 6.03 Å². The molecule has 0 radical (unpaired) electrons. The third kappa shape index (κ3) is 3.14. The van der Waals surface area contributed by atoms with Gasteiger partial charge in [-0.3, -0.25) is 0 Å². The van der Waals surface area contributed by atoms with E-state index in [4.69, 9.17) is 9.47 Å². The van der Waals surface area contributed by atoms with Crippen LogP contribution in [0.3, 0.4) is 0 Å². The van der Waals surface area contributed by atoms with Gasteiger partial charge in [-0.15, -0.1) is 0 Å². The summed E-state index contributed by atoms with van der Waals surface area (Å²) >= 11 is 3.38. The molecule has 2 rings (SSSR count). The van der Waals surface area contributed by atoms with Crippen molar-refractivity contribution in [2.75, 3.05) is 38.7 Å². The maximum atomic E-state index is 11.9. The Morgan fingerprint density at radius 3 is 2.78 bits per heavy atom. The SMILES string of the molecule is COc1ccc(NC(=O)N2CCOCC2)cc1Br. The van der Waals surface area contributed by atoms with E-state index in [0.29, 0.717) is 26.3 Å². The van der Waals surface area contributed by atoms with Crippen molar-refractivity contribution in [1.29, 1.82) is 0 Å². The number of morpholine rings is 1. The number of benzene rings is 1. The van der Waals surface area contributed by atoms with E-state index >= 15 is 0 Å². The number of carbonyl (C=O) groups excluding carboxylic acids is 1. The van der Waals surface area contributed by atoms with E-state index in [0.717, 1.165) is 15.9 Å². The summed E-state index contributed by atoms with van der Waals surface area (Å²) in [7, 11) is 1.60. The number of nitrogens with zero attached hydrogens (tertiary/aromatic N) is 1. The number of methoxy groups -OCH3 is 1. The molecule has 0 aromatic heterocycles. The fraction of sp³-hybridized carbons (Fsp3) is 0.417. The third-order valence-electron chi connectivity index (χ3n) is 2.70. The fourth-order valence-electron chi connectivity index (χ4n) is 1.71. The topological polar surface area (TPSA) is 50.8 Å². The maximum absolute atomic E-state index is 11.9. The van der Waals surface area contributed by atoms with Crippen LogP contribution in [0.5, 0.6) is 5.75 Å². The van der Waals surface area contributed by atoms with Gasteiger partial charge in [0.25, 0.3) is 0 Å². The number of ether oxygens (including phenoxy) is 2. The van der Waals surface area contributed by atoms with Gasteiger partial charge in [0.1, 0.15) is 5.75 Å². The molecule has 0 bridgehead atoms. The zero-order valence-electron chi connectivity index (χ0n) is 10.1. The molecule has 0 aliphatic carbocycles. The Bertz CT molecular complexity index is 433. The first-order chi connectivity index (χ1) is 8.70. The van der Waals surface area contributed by atoms with Crippen LogP contribution in [0.15, 0.2) is 22.7 Å². The molecular formula is C12H15BrN2O3. The summed E-state index contributed by atoms with van der Waals surface area (Å²) in [5.74, 6) is 0.736. The molecule has 0 unspecified atom stereocenters. The Labute approximate surface area is 114 Å². The average Bonchev–Trinajstić information content (AvgIpc) is 2.40. The van der Waals surface area contributed by atoms with Crippen molar-refractivity contribution in [3.63, 3.8) is 0 Å². The molecule has 0 saturated carbocycles. The second-order valence-electron chi connectivity index (χ2n) is 3.88. The lowest BCUT2D eigenvalue weighted by Gasteiger charge is -2.27. The van der Waals surface area contributed by atoms with Crippen LogP contribution in [-0.4, -0.2) is 44.3 Å². The molecular weight excluding hydrogens is 300 g/mol. The van der Waals surface area contributed by atoms with Crippen LogP contribution in [0.1, 0.15) is 0 Å². The first-order valence-electron chi connectivity index (χ1n) is 5.68. The van der Waals surface area contributed by atoms with Crippen LogP contribution in [0.4, 0.5) is 10.5 Å². The van der Waals surface area contributed by atoms with Gasteiger partial charge >= 0.3 is 6.03 Å². The lowest BCUT2D eigenvalue weighted by atomic mass is 10.3. The number of hydrogen-bond acceptors (Lipinski definition) is 3. The van der Waals surface area contributed by atoms with E-state index in [1.807, 2.05) is 12.1 Å². The smallest absolute Gasteiger partial charge is 0.322 e. The number of hydrogen-bond donors (Lipinski definition) is 1. The van der Waals surface area contributed by atoms with E-state index in [1.165, 1.54) is 0 Å². The summed E-state index contributed by atoms with van der Waals surface area (Å²) in [6, 6.07) is 5.33. The van der Waals surface area contributed by atoms with Crippen LogP contribution < -0.4 is 10.1 Å². The van der Waals surface area contributed by atoms with Crippen molar-refractivity contribution in [3.05, 3.63) is 22.7 Å². The molecule has 1 saturated heterocycles. The number of rotatable bonds is 2. The van der Waals surface area contributed by atoms with Gasteiger partial charge in [0.2, 0.25) is 0 Å². The molecule has 98 valence electrons. The second-order valence-corrected chi connectivity index (χ2v) is 4.73. The van der Waals surface area contributed by atoms with Gasteiger partial charge in [0.15, 0.2) is 0 Å². The molecule has 1 heterocycles. The minimum atomic E-state index is -0.102. The van der Waals surface area contributed by atoms with Crippen molar-refractivity contribution in [2.45, 2.75) is 0 Å². The zero-order valence-corrected chi connectivity index (χ0v) is 11.7. The number of nitrogens with one attached hydrogen (secondary N) is 1. The standard InChI is InChI=1S/C12H15BrN2O3/c1-17-11-3-2-9(8-10(11)13)14-12(16)15-4-6-18-7-5-15/h2-3,8H,4-7H2,1H3,(H,14,16). The molecule has 1 fully saturated rings. The predicted molar refractivity (Wildman–Crippen MR) is 72.1 cm³/mol. The van der Waals surface area contributed by atoms with E-state index in [2.05, 4.69) is 21.2 Å². The van der Waals surface area contributed by atoms with Crippen molar-refractivity contribution in [1.82, 2.24) is 4.90 Å². The first-order valence-corrected chi connectivity index (χ1v) is 6.47. The third-order valence-corrected chi connectivity index (χ3v) is 3.32. The van der Waals surface area contributed by atoms with Crippen LogP contribution in [0, 0.1) is 0 Å². The maximum Gasteiger partial charge on any atom is 0.322 e. The van der Waals surface area contributed by atoms with Crippen molar-refractivity contribution < 1.29 is 14.3 Å². The van der Waals surface area contributed by atoms with E-state index < -0.39 is 0 Å². The van der Waals surface area contributed by atoms with E-state index in [1.54, 1.807) is 18.1 Å². The van der Waals surface area contributed by atoms with Crippen molar-refractivity contribution >= 4 is 27.6 Å². The average molecular weight is 315 g/mol. The Kier molecular flexibility index (Phi) is 4.43. The molecule has 1 N–H and O–H groups in total. The Morgan fingerprint density at radius 1 is 1.44 bits per heavy atom. The molecule has 2 amide bonds. The first kappa shape index (κ1) is 13.2. The van der Waals surface area contributed by atoms with Gasteiger partial charge in [0.05, 0.1) is 24.8 Å². The van der Waals surface area contributed by atoms with Crippen molar-refractivity contribution in [2.24, 2.45) is 0 Å². The van der Waals surface area contributed by atoms with Gasteiger partial charge in [-0.25, -0.2) is 4.79 Å². The van der Waals surface area contributed by atoms with Crippen LogP contribution in [-0.2, 0) is 4.74 Å². The van der Waals surface area contributed by atoms with Gasteiger partial charge < -0.3 is 19.7 Å². The summed E-state index contributed by atoms with van der Waals surface area (Å²) in [6.45, 7) is 2.45. The lowest BCUT2D eigenvalue weighted by Crippen LogP contribution is -2.43. The van der Waals surface area contributed by atoms with Crippen LogP contribution >= 0.6 is 15.9 Å². The Balaban J connectivity index is 2.00. The highest BCUT2D eigenvalue weighted by molar-refractivity contribution is 9.10. The molecule has 0 atom stereocenters. The summed E-state index contributed by atoms with van der Waals surface area (Å²) in [4.78, 5) is 13.7. The number of halogens is 1. The molecule has 6 heteroatoms. The highest BCUT2D eigenvalue weighted by Crippen LogP contribution is 2.27. The predicted octanol–water partition coefficient (Wildman–Crippen LogP) is 2.32. The van der Waals surface area contributed by atoms with Gasteiger partial charge in [-0.05, 0) is 34.1 Å². The number of anilines is 1. The van der Waals surface area contributed by atoms with Gasteiger partial charge in [-0.2, -0.15) is 0 Å². The summed E-state index contributed by atoms with van der Waals surface area (Å²) in [5, 5.41) is 2.85. The molecule has 1 aromatic rings. The zero-order chi connectivity index (χ0) is 13.0. The molecule has 5 nitrogen and oxygen atoms in total. The lowest BCUT2D eigenvalue weighted by molar-refractivity contribution is 0.0564. The number of carbonyl (C=O) groups is 1. The molecule has 0 spiro atoms. The fourth-order valence-corrected chi connectivity index (χ4v) is 2.25. The highest BCUT2D eigenvalue weighted by atomic mass is 79.9. The number of amides is 2. The number of urea groups is 1. The van der Waals surface area contributed by atoms with Crippen LogP contribution in [0.2, 0.25) is 0 Å². The molecule has 1 aliphatic rings. The second kappa shape index (κ2) is 6.06. The normalized spacial score (nSPS) is 15.3. The monoisotopic (exact) mass is 314 g/mol. The minimum absolute atomic E-state index is 0.102. The molecule has 18 heavy (non-hydrogen) atoms. The summed E-state index contributed by atoms with van der Waals surface area (Å²) in [6.07, 6.45) is 0. The molecule has 1 aliphatic heterocycles. The van der Waals surface area contributed by atoms with Crippen LogP contribution in [0.25, 0.3) is 0 Å². The highest BCUT2D eigenvalue weighted by Gasteiger charge is 2.16. The quantitative estimate of drug-likeness (QED) is 0.911. The van der Waals surface area contributed by atoms with Crippen molar-refractivity contribution in [3.8, 4) is 5.75 Å². The Morgan fingerprint density at radius 2 is 2.17 bits per heavy atom. The summed E-state index contributed by atoms with van der Waals surface area (Å²) < 4.78 is 11.1. The molecule has 1 aromatic carbocycles. The Hall–Kier alpha value is -1.27. The minimum Gasteiger partial charge on any atom is -0.496 e. The van der Waals surface area contributed by atoms with E-state index in [9.17, 15) is 4.79 Å². The van der Waals surface area contributed by atoms with Gasteiger partial charge in [-0.1, -0.05) is 0 Å².